The van der Waals surface area contributed by atoms with Gasteiger partial charge in [0.05, 0.1) is 12.7 Å². The van der Waals surface area contributed by atoms with Crippen LogP contribution in [0.1, 0.15) is 61.5 Å². The lowest BCUT2D eigenvalue weighted by atomic mass is 9.93. The molecule has 0 radical (unpaired) electrons. The first-order valence-corrected chi connectivity index (χ1v) is 14.7. The molecule has 2 N–H and O–H groups in total. The Hall–Kier alpha value is -3.04. The van der Waals surface area contributed by atoms with Crippen molar-refractivity contribution in [3.05, 3.63) is 59.2 Å². The molecule has 0 aliphatic carbocycles. The maximum atomic E-state index is 13.3. The summed E-state index contributed by atoms with van der Waals surface area (Å²) >= 11 is 1.54. The van der Waals surface area contributed by atoms with E-state index in [-0.39, 0.29) is 12.2 Å². The minimum atomic E-state index is -1.04. The number of aryl methyl sites for hydroxylation is 1. The zero-order valence-electron chi connectivity index (χ0n) is 23.5. The first kappa shape index (κ1) is 30.5. The molecule has 1 atom stereocenters. The Bertz CT molecular complexity index is 1150. The molecule has 1 unspecified atom stereocenters. The molecule has 2 amide bonds. The molecule has 0 spiro atoms. The number of carboxylic acid groups (broad SMARTS) is 1. The summed E-state index contributed by atoms with van der Waals surface area (Å²) in [6, 6.07) is 12.4. The first-order chi connectivity index (χ1) is 18.5. The molecule has 1 aliphatic rings. The van der Waals surface area contributed by atoms with Crippen molar-refractivity contribution in [1.82, 2.24) is 10.2 Å². The van der Waals surface area contributed by atoms with Crippen molar-refractivity contribution in [2.45, 2.75) is 71.3 Å². The third-order valence-electron chi connectivity index (χ3n) is 6.56. The number of nitrogens with zero attached hydrogens (tertiary/aromatic N) is 1. The van der Waals surface area contributed by atoms with Crippen LogP contribution in [0.3, 0.4) is 0 Å². The summed E-state index contributed by atoms with van der Waals surface area (Å²) in [4.78, 5) is 39.0. The third kappa shape index (κ3) is 9.00. The molecule has 39 heavy (non-hydrogen) atoms. The van der Waals surface area contributed by atoms with Crippen LogP contribution in [0.5, 0.6) is 0 Å². The predicted octanol–water partition coefficient (Wildman–Crippen LogP) is 5.51. The molecule has 3 rings (SSSR count). The van der Waals surface area contributed by atoms with Gasteiger partial charge in [0.25, 0.3) is 5.91 Å². The standard InChI is InChI=1S/C30H40N2O6S/c1-20-8-6-7-9-23(20)25-18-21(10-11-24(25)27(33)31-26(28(34)35)14-17-39-5)19-37-22-12-15-32(16-13-22)29(36)38-30(2,3)4/h6-11,18,22,26H,12-17,19H2,1-5H3,(H,31,33)(H,34,35). The van der Waals surface area contributed by atoms with Crippen molar-refractivity contribution in [3.8, 4) is 11.1 Å². The normalized spacial score (nSPS) is 15.1. The van der Waals surface area contributed by atoms with E-state index < -0.39 is 23.5 Å². The zero-order chi connectivity index (χ0) is 28.6. The van der Waals surface area contributed by atoms with E-state index in [1.807, 2.05) is 70.3 Å². The van der Waals surface area contributed by atoms with Crippen molar-refractivity contribution in [2.75, 3.05) is 25.1 Å². The Morgan fingerprint density at radius 1 is 1.10 bits per heavy atom. The van der Waals surface area contributed by atoms with Crippen molar-refractivity contribution >= 4 is 29.7 Å². The quantitative estimate of drug-likeness (QED) is 0.397. The SMILES string of the molecule is CSCCC(NC(=O)c1ccc(COC2CCN(C(=O)OC(C)(C)C)CC2)cc1-c1ccccc1C)C(=O)O. The number of benzene rings is 2. The van der Waals surface area contributed by atoms with Gasteiger partial charge in [-0.2, -0.15) is 11.8 Å². The van der Waals surface area contributed by atoms with Gasteiger partial charge in [-0.05, 0) is 93.4 Å². The van der Waals surface area contributed by atoms with Crippen molar-refractivity contribution < 1.29 is 29.0 Å². The second kappa shape index (κ2) is 13.8. The summed E-state index contributed by atoms with van der Waals surface area (Å²) in [7, 11) is 0. The molecule has 0 saturated carbocycles. The van der Waals surface area contributed by atoms with Crippen molar-refractivity contribution in [1.29, 1.82) is 0 Å². The van der Waals surface area contributed by atoms with Crippen LogP contribution < -0.4 is 5.32 Å². The minimum Gasteiger partial charge on any atom is -0.480 e. The fourth-order valence-electron chi connectivity index (χ4n) is 4.45. The Kier molecular flexibility index (Phi) is 10.8. The highest BCUT2D eigenvalue weighted by Crippen LogP contribution is 2.29. The first-order valence-electron chi connectivity index (χ1n) is 13.3. The lowest BCUT2D eigenvalue weighted by molar-refractivity contribution is -0.139. The number of ether oxygens (including phenoxy) is 2. The molecule has 2 aromatic carbocycles. The third-order valence-corrected chi connectivity index (χ3v) is 7.20. The van der Waals surface area contributed by atoms with Crippen LogP contribution in [-0.4, -0.2) is 70.8 Å². The fraction of sp³-hybridized carbons (Fsp3) is 0.500. The summed E-state index contributed by atoms with van der Waals surface area (Å²) in [6.07, 6.45) is 3.41. The number of carboxylic acids is 1. The second-order valence-corrected chi connectivity index (χ2v) is 11.8. The molecule has 9 heteroatoms. The summed E-state index contributed by atoms with van der Waals surface area (Å²) in [5, 5.41) is 12.3. The maximum Gasteiger partial charge on any atom is 0.410 e. The van der Waals surface area contributed by atoms with Gasteiger partial charge in [-0.3, -0.25) is 4.79 Å². The smallest absolute Gasteiger partial charge is 0.410 e. The predicted molar refractivity (Wildman–Crippen MR) is 154 cm³/mol. The van der Waals surface area contributed by atoms with Gasteiger partial charge >= 0.3 is 12.1 Å². The van der Waals surface area contributed by atoms with E-state index in [9.17, 15) is 19.5 Å². The molecule has 0 bridgehead atoms. The molecule has 1 saturated heterocycles. The average Bonchev–Trinajstić information content (AvgIpc) is 2.89. The Morgan fingerprint density at radius 3 is 2.41 bits per heavy atom. The van der Waals surface area contributed by atoms with Crippen LogP contribution >= 0.6 is 11.8 Å². The molecule has 0 aromatic heterocycles. The van der Waals surface area contributed by atoms with Gasteiger partial charge in [0.1, 0.15) is 11.6 Å². The number of carbonyl (C=O) groups is 3. The number of carbonyl (C=O) groups excluding carboxylic acids is 2. The van der Waals surface area contributed by atoms with E-state index in [2.05, 4.69) is 5.32 Å². The number of hydrogen-bond donors (Lipinski definition) is 2. The summed E-state index contributed by atoms with van der Waals surface area (Å²) in [5.74, 6) is -0.823. The Labute approximate surface area is 235 Å². The number of thioether (sulfide) groups is 1. The van der Waals surface area contributed by atoms with E-state index in [4.69, 9.17) is 9.47 Å². The van der Waals surface area contributed by atoms with Crippen LogP contribution in [0.25, 0.3) is 11.1 Å². The van der Waals surface area contributed by atoms with Crippen molar-refractivity contribution in [2.24, 2.45) is 0 Å². The van der Waals surface area contributed by atoms with E-state index in [0.29, 0.717) is 37.4 Å². The zero-order valence-corrected chi connectivity index (χ0v) is 24.3. The molecular formula is C30H40N2O6S. The summed E-state index contributed by atoms with van der Waals surface area (Å²) in [5.41, 5.74) is 3.47. The summed E-state index contributed by atoms with van der Waals surface area (Å²) in [6.45, 7) is 9.08. The number of amides is 2. The molecule has 8 nitrogen and oxygen atoms in total. The monoisotopic (exact) mass is 556 g/mol. The van der Waals surface area contributed by atoms with Gasteiger partial charge in [0.15, 0.2) is 0 Å². The molecule has 1 fully saturated rings. The number of likely N-dealkylation sites (tertiary alicyclic amines) is 1. The number of hydrogen-bond acceptors (Lipinski definition) is 6. The Morgan fingerprint density at radius 2 is 1.79 bits per heavy atom. The van der Waals surface area contributed by atoms with Crippen molar-refractivity contribution in [3.63, 3.8) is 0 Å². The van der Waals surface area contributed by atoms with E-state index in [1.54, 1.807) is 22.7 Å². The minimum absolute atomic E-state index is 0.0151. The lowest BCUT2D eigenvalue weighted by Gasteiger charge is -2.33. The average molecular weight is 557 g/mol. The molecule has 1 heterocycles. The topological polar surface area (TPSA) is 105 Å². The highest BCUT2D eigenvalue weighted by molar-refractivity contribution is 7.98. The van der Waals surface area contributed by atoms with Gasteiger partial charge < -0.3 is 24.8 Å². The van der Waals surface area contributed by atoms with Crippen LogP contribution in [0.15, 0.2) is 42.5 Å². The highest BCUT2D eigenvalue weighted by Gasteiger charge is 2.27. The van der Waals surface area contributed by atoms with Gasteiger partial charge in [-0.25, -0.2) is 9.59 Å². The molecule has 212 valence electrons. The van der Waals surface area contributed by atoms with Gasteiger partial charge in [-0.15, -0.1) is 0 Å². The summed E-state index contributed by atoms with van der Waals surface area (Å²) < 4.78 is 11.7. The fourth-order valence-corrected chi connectivity index (χ4v) is 4.92. The number of aliphatic carboxylic acids is 1. The van der Waals surface area contributed by atoms with E-state index in [1.165, 1.54) is 0 Å². The van der Waals surface area contributed by atoms with Crippen LogP contribution in [0.4, 0.5) is 4.79 Å². The molecule has 2 aromatic rings. The van der Waals surface area contributed by atoms with E-state index in [0.717, 1.165) is 35.1 Å². The van der Waals surface area contributed by atoms with Crippen LogP contribution in [0.2, 0.25) is 0 Å². The lowest BCUT2D eigenvalue weighted by Crippen LogP contribution is -2.43. The van der Waals surface area contributed by atoms with Gasteiger partial charge in [-0.1, -0.05) is 30.3 Å². The maximum absolute atomic E-state index is 13.3. The Balaban J connectivity index is 1.72. The molecular weight excluding hydrogens is 516 g/mol. The second-order valence-electron chi connectivity index (χ2n) is 10.8. The highest BCUT2D eigenvalue weighted by atomic mass is 32.2. The largest absolute Gasteiger partial charge is 0.480 e. The van der Waals surface area contributed by atoms with Gasteiger partial charge in [0.2, 0.25) is 0 Å². The molecule has 1 aliphatic heterocycles. The van der Waals surface area contributed by atoms with E-state index >= 15 is 0 Å². The number of piperidine rings is 1. The number of rotatable bonds is 10. The van der Waals surface area contributed by atoms with Crippen LogP contribution in [-0.2, 0) is 20.9 Å². The van der Waals surface area contributed by atoms with Gasteiger partial charge in [0, 0.05) is 18.7 Å². The number of nitrogens with one attached hydrogen (secondary N) is 1. The van der Waals surface area contributed by atoms with Crippen LogP contribution in [0, 0.1) is 6.92 Å².